The van der Waals surface area contributed by atoms with Gasteiger partial charge < -0.3 is 10.2 Å². The maximum absolute atomic E-state index is 4.88. The molecule has 2 atom stereocenters. The summed E-state index contributed by atoms with van der Waals surface area (Å²) in [6.45, 7) is 5.36. The number of anilines is 1. The highest BCUT2D eigenvalue weighted by Crippen LogP contribution is 2.38. The molecule has 2 fully saturated rings. The minimum atomic E-state index is 0.759. The van der Waals surface area contributed by atoms with E-state index >= 15 is 0 Å². The van der Waals surface area contributed by atoms with Crippen LogP contribution in [-0.2, 0) is 6.54 Å². The molecule has 1 aliphatic carbocycles. The van der Waals surface area contributed by atoms with Gasteiger partial charge >= 0.3 is 0 Å². The second kappa shape index (κ2) is 6.57. The van der Waals surface area contributed by atoms with Crippen molar-refractivity contribution in [2.45, 2.75) is 58.0 Å². The van der Waals surface area contributed by atoms with E-state index in [0.29, 0.717) is 0 Å². The van der Waals surface area contributed by atoms with E-state index in [2.05, 4.69) is 35.3 Å². The van der Waals surface area contributed by atoms with Crippen LogP contribution >= 0.6 is 0 Å². The van der Waals surface area contributed by atoms with Crippen LogP contribution in [0.4, 0.5) is 5.82 Å². The zero-order valence-electron chi connectivity index (χ0n) is 12.6. The number of rotatable bonds is 5. The van der Waals surface area contributed by atoms with Gasteiger partial charge in [-0.1, -0.05) is 25.8 Å². The van der Waals surface area contributed by atoms with Crippen molar-refractivity contribution in [3.8, 4) is 0 Å². The molecule has 3 heteroatoms. The topological polar surface area (TPSA) is 28.2 Å². The van der Waals surface area contributed by atoms with Crippen molar-refractivity contribution in [3.05, 3.63) is 23.9 Å². The Hall–Kier alpha value is -1.09. The quantitative estimate of drug-likeness (QED) is 0.834. The number of aromatic nitrogens is 1. The highest BCUT2D eigenvalue weighted by atomic mass is 15.2. The number of fused-ring (bicyclic) bond motifs is 1. The first kappa shape index (κ1) is 13.9. The van der Waals surface area contributed by atoms with Crippen LogP contribution in [0, 0.1) is 5.92 Å². The van der Waals surface area contributed by atoms with Gasteiger partial charge in [0.2, 0.25) is 0 Å². The molecule has 1 aliphatic heterocycles. The molecule has 0 radical (unpaired) electrons. The van der Waals surface area contributed by atoms with Crippen molar-refractivity contribution < 1.29 is 0 Å². The predicted molar refractivity (Wildman–Crippen MR) is 83.9 cm³/mol. The SMILES string of the molecule is CCCNCc1cccc(N2CCC3CCCCC32)n1. The van der Waals surface area contributed by atoms with Crippen molar-refractivity contribution in [2.24, 2.45) is 5.92 Å². The Morgan fingerprint density at radius 2 is 2.15 bits per heavy atom. The molecule has 0 bridgehead atoms. The van der Waals surface area contributed by atoms with E-state index in [4.69, 9.17) is 4.98 Å². The van der Waals surface area contributed by atoms with E-state index in [1.54, 1.807) is 0 Å². The van der Waals surface area contributed by atoms with Gasteiger partial charge in [0.25, 0.3) is 0 Å². The van der Waals surface area contributed by atoms with Crippen LogP contribution in [0.3, 0.4) is 0 Å². The second-order valence-electron chi connectivity index (χ2n) is 6.26. The molecular formula is C17H27N3. The summed E-state index contributed by atoms with van der Waals surface area (Å²) in [4.78, 5) is 7.46. The second-order valence-corrected chi connectivity index (χ2v) is 6.26. The zero-order chi connectivity index (χ0) is 13.8. The van der Waals surface area contributed by atoms with E-state index in [0.717, 1.165) is 25.0 Å². The summed E-state index contributed by atoms with van der Waals surface area (Å²) in [6, 6.07) is 7.26. The van der Waals surface area contributed by atoms with Gasteiger partial charge in [-0.3, -0.25) is 0 Å². The summed E-state index contributed by atoms with van der Waals surface area (Å²) in [6.07, 6.45) is 8.17. The standard InChI is InChI=1S/C17H27N3/c1-2-11-18-13-15-7-5-9-17(19-15)20-12-10-14-6-3-4-8-16(14)20/h5,7,9,14,16,18H,2-4,6,8,10-13H2,1H3. The largest absolute Gasteiger partial charge is 0.353 e. The molecule has 3 nitrogen and oxygen atoms in total. The Morgan fingerprint density at radius 1 is 1.25 bits per heavy atom. The maximum Gasteiger partial charge on any atom is 0.129 e. The number of hydrogen-bond acceptors (Lipinski definition) is 3. The average Bonchev–Trinajstić information content (AvgIpc) is 2.92. The lowest BCUT2D eigenvalue weighted by Crippen LogP contribution is -2.35. The number of pyridine rings is 1. The summed E-state index contributed by atoms with van der Waals surface area (Å²) < 4.78 is 0. The Labute approximate surface area is 122 Å². The molecule has 3 rings (SSSR count). The molecule has 1 aromatic rings. The normalized spacial score (nSPS) is 25.8. The van der Waals surface area contributed by atoms with Crippen molar-refractivity contribution in [2.75, 3.05) is 18.0 Å². The Balaban J connectivity index is 1.68. The van der Waals surface area contributed by atoms with Gasteiger partial charge in [-0.05, 0) is 50.3 Å². The van der Waals surface area contributed by atoms with Crippen molar-refractivity contribution in [3.63, 3.8) is 0 Å². The van der Waals surface area contributed by atoms with Crippen LogP contribution in [0.5, 0.6) is 0 Å². The zero-order valence-corrected chi connectivity index (χ0v) is 12.6. The average molecular weight is 273 g/mol. The van der Waals surface area contributed by atoms with Gasteiger partial charge in [-0.25, -0.2) is 4.98 Å². The van der Waals surface area contributed by atoms with Gasteiger partial charge in [-0.15, -0.1) is 0 Å². The summed E-state index contributed by atoms with van der Waals surface area (Å²) >= 11 is 0. The molecule has 2 unspecified atom stereocenters. The maximum atomic E-state index is 4.88. The van der Waals surface area contributed by atoms with E-state index in [-0.39, 0.29) is 0 Å². The first-order valence-electron chi connectivity index (χ1n) is 8.32. The number of hydrogen-bond donors (Lipinski definition) is 1. The monoisotopic (exact) mass is 273 g/mol. The lowest BCUT2D eigenvalue weighted by molar-refractivity contribution is 0.341. The molecular weight excluding hydrogens is 246 g/mol. The third-order valence-electron chi connectivity index (χ3n) is 4.83. The minimum absolute atomic E-state index is 0.759. The first-order chi connectivity index (χ1) is 9.88. The molecule has 0 spiro atoms. The van der Waals surface area contributed by atoms with Gasteiger partial charge in [0.1, 0.15) is 5.82 Å². The first-order valence-corrected chi connectivity index (χ1v) is 8.32. The van der Waals surface area contributed by atoms with Gasteiger partial charge in [0, 0.05) is 19.1 Å². The molecule has 2 heterocycles. The van der Waals surface area contributed by atoms with Crippen molar-refractivity contribution >= 4 is 5.82 Å². The summed E-state index contributed by atoms with van der Waals surface area (Å²) in [5.41, 5.74) is 1.18. The highest BCUT2D eigenvalue weighted by Gasteiger charge is 2.36. The van der Waals surface area contributed by atoms with Crippen LogP contribution in [0.1, 0.15) is 51.1 Å². The van der Waals surface area contributed by atoms with Crippen molar-refractivity contribution in [1.82, 2.24) is 10.3 Å². The van der Waals surface area contributed by atoms with Crippen LogP contribution in [0.2, 0.25) is 0 Å². The molecule has 1 aromatic heterocycles. The van der Waals surface area contributed by atoms with E-state index in [1.807, 2.05) is 0 Å². The molecule has 1 N–H and O–H groups in total. The molecule has 110 valence electrons. The number of nitrogens with zero attached hydrogens (tertiary/aromatic N) is 2. The number of nitrogens with one attached hydrogen (secondary N) is 1. The lowest BCUT2D eigenvalue weighted by Gasteiger charge is -2.32. The molecule has 1 saturated carbocycles. The smallest absolute Gasteiger partial charge is 0.129 e. The van der Waals surface area contributed by atoms with Crippen LogP contribution in [0.25, 0.3) is 0 Å². The molecule has 0 aromatic carbocycles. The lowest BCUT2D eigenvalue weighted by atomic mass is 9.85. The fourth-order valence-electron chi connectivity index (χ4n) is 3.81. The predicted octanol–water partition coefficient (Wildman–Crippen LogP) is 3.35. The van der Waals surface area contributed by atoms with Crippen LogP contribution in [0.15, 0.2) is 18.2 Å². The third-order valence-corrected chi connectivity index (χ3v) is 4.83. The fraction of sp³-hybridized carbons (Fsp3) is 0.706. The summed E-state index contributed by atoms with van der Waals surface area (Å²) in [7, 11) is 0. The van der Waals surface area contributed by atoms with Gasteiger partial charge in [0.15, 0.2) is 0 Å². The molecule has 2 aliphatic rings. The van der Waals surface area contributed by atoms with Crippen molar-refractivity contribution in [1.29, 1.82) is 0 Å². The van der Waals surface area contributed by atoms with Crippen LogP contribution < -0.4 is 10.2 Å². The van der Waals surface area contributed by atoms with Gasteiger partial charge in [-0.2, -0.15) is 0 Å². The van der Waals surface area contributed by atoms with E-state index in [1.165, 1.54) is 56.6 Å². The molecule has 20 heavy (non-hydrogen) atoms. The summed E-state index contributed by atoms with van der Waals surface area (Å²) in [5, 5.41) is 3.44. The fourth-order valence-corrected chi connectivity index (χ4v) is 3.81. The highest BCUT2D eigenvalue weighted by molar-refractivity contribution is 5.42. The van der Waals surface area contributed by atoms with Gasteiger partial charge in [0.05, 0.1) is 5.69 Å². The van der Waals surface area contributed by atoms with E-state index < -0.39 is 0 Å². The third kappa shape index (κ3) is 2.98. The Bertz CT molecular complexity index is 432. The minimum Gasteiger partial charge on any atom is -0.353 e. The van der Waals surface area contributed by atoms with E-state index in [9.17, 15) is 0 Å². The molecule has 0 amide bonds. The summed E-state index contributed by atoms with van der Waals surface area (Å²) in [5.74, 6) is 2.13. The van der Waals surface area contributed by atoms with Crippen LogP contribution in [-0.4, -0.2) is 24.1 Å². The Kier molecular flexibility index (Phi) is 4.56. The Morgan fingerprint density at radius 3 is 3.05 bits per heavy atom. The molecule has 1 saturated heterocycles.